The molecule has 6 nitrogen and oxygen atoms in total. The fourth-order valence-electron chi connectivity index (χ4n) is 2.75. The van der Waals surface area contributed by atoms with Crippen LogP contribution >= 0.6 is 0 Å². The van der Waals surface area contributed by atoms with Crippen LogP contribution < -0.4 is 10.9 Å². The number of nitrogens with one attached hydrogen (secondary N) is 1. The summed E-state index contributed by atoms with van der Waals surface area (Å²) in [6.07, 6.45) is 3.09. The molecule has 0 aromatic carbocycles. The minimum atomic E-state index is -2.40. The number of rotatable bonds is 3. The van der Waals surface area contributed by atoms with Crippen molar-refractivity contribution in [2.45, 2.75) is 64.2 Å². The molecule has 2 rings (SSSR count). The molecule has 0 radical (unpaired) electrons. The summed E-state index contributed by atoms with van der Waals surface area (Å²) in [7, 11) is -2.40. The third-order valence-corrected chi connectivity index (χ3v) is 3.81. The number of amides is 1. The topological polar surface area (TPSA) is 69.6 Å². The van der Waals surface area contributed by atoms with E-state index < -0.39 is 18.7 Å². The molecule has 0 aliphatic heterocycles. The van der Waals surface area contributed by atoms with E-state index in [1.54, 1.807) is 37.6 Å². The fraction of sp³-hybridized carbons (Fsp3) is 0.647. The van der Waals surface area contributed by atoms with Crippen LogP contribution in [0, 0.1) is 0 Å². The highest BCUT2D eigenvalue weighted by molar-refractivity contribution is 5.84. The van der Waals surface area contributed by atoms with Crippen LogP contribution in [0.2, 0.25) is 0 Å². The number of nitrogens with zero attached hydrogens (tertiary/aromatic N) is 1. The second kappa shape index (κ2) is 7.17. The van der Waals surface area contributed by atoms with Crippen molar-refractivity contribution in [3.63, 3.8) is 0 Å². The number of methoxy groups -OCH3 is 1. The zero-order valence-corrected chi connectivity index (χ0v) is 13.8. The standard InChI is InChI=1S/C17H26N2O4/c1-17(2,3)23-16(21)18-14-6-5-11-19(15(14)20)12-7-9-13(22-4)10-8-12/h5-6,11-13H,7-10H2,1-4H3,(H,18,21)/i4D3. The quantitative estimate of drug-likeness (QED) is 0.925. The Balaban J connectivity index is 2.04. The van der Waals surface area contributed by atoms with Gasteiger partial charge in [-0.2, -0.15) is 0 Å². The smallest absolute Gasteiger partial charge is 0.412 e. The van der Waals surface area contributed by atoms with Gasteiger partial charge in [0, 0.05) is 19.3 Å². The summed E-state index contributed by atoms with van der Waals surface area (Å²) in [5, 5.41) is 2.49. The molecule has 23 heavy (non-hydrogen) atoms. The molecule has 1 saturated carbocycles. The summed E-state index contributed by atoms with van der Waals surface area (Å²) < 4.78 is 33.3. The van der Waals surface area contributed by atoms with Gasteiger partial charge in [-0.25, -0.2) is 4.79 Å². The van der Waals surface area contributed by atoms with Gasteiger partial charge in [0.2, 0.25) is 0 Å². The number of aromatic nitrogens is 1. The molecule has 128 valence electrons. The molecule has 6 heteroatoms. The zero-order chi connectivity index (χ0) is 19.5. The molecule has 1 aromatic heterocycles. The van der Waals surface area contributed by atoms with Gasteiger partial charge in [-0.1, -0.05) is 0 Å². The largest absolute Gasteiger partial charge is 0.444 e. The second-order valence-corrected chi connectivity index (χ2v) is 6.81. The van der Waals surface area contributed by atoms with Gasteiger partial charge >= 0.3 is 6.09 Å². The van der Waals surface area contributed by atoms with Gasteiger partial charge in [0.05, 0.1) is 10.2 Å². The highest BCUT2D eigenvalue weighted by Gasteiger charge is 2.24. The van der Waals surface area contributed by atoms with Gasteiger partial charge in [-0.3, -0.25) is 10.1 Å². The number of carbonyl (C=O) groups excluding carboxylic acids is 1. The Hall–Kier alpha value is -1.82. The average Bonchev–Trinajstić information content (AvgIpc) is 2.47. The third kappa shape index (κ3) is 4.82. The van der Waals surface area contributed by atoms with Crippen LogP contribution in [-0.4, -0.2) is 29.4 Å². The second-order valence-electron chi connectivity index (χ2n) is 6.81. The van der Waals surface area contributed by atoms with Crippen molar-refractivity contribution in [3.05, 3.63) is 28.7 Å². The molecule has 0 unspecified atom stereocenters. The van der Waals surface area contributed by atoms with Crippen LogP contribution in [0.25, 0.3) is 0 Å². The SMILES string of the molecule is [2H]C([2H])([2H])OC1CCC(n2cccc(NC(=O)OC(C)(C)C)c2=O)CC1. The van der Waals surface area contributed by atoms with Gasteiger partial charge in [0.1, 0.15) is 11.3 Å². The average molecular weight is 325 g/mol. The van der Waals surface area contributed by atoms with Gasteiger partial charge in [-0.15, -0.1) is 0 Å². The maximum Gasteiger partial charge on any atom is 0.412 e. The fourth-order valence-corrected chi connectivity index (χ4v) is 2.75. The molecule has 1 aliphatic carbocycles. The molecule has 1 aliphatic rings. The van der Waals surface area contributed by atoms with E-state index in [1.165, 1.54) is 6.07 Å². The maximum atomic E-state index is 12.7. The molecule has 1 aromatic rings. The van der Waals surface area contributed by atoms with Gasteiger partial charge in [-0.05, 0) is 58.6 Å². The van der Waals surface area contributed by atoms with Crippen molar-refractivity contribution in [2.75, 3.05) is 12.4 Å². The van der Waals surface area contributed by atoms with E-state index in [-0.39, 0.29) is 23.4 Å². The van der Waals surface area contributed by atoms with Crippen LogP contribution in [0.15, 0.2) is 23.1 Å². The third-order valence-electron chi connectivity index (χ3n) is 3.81. The van der Waals surface area contributed by atoms with Crippen molar-refractivity contribution >= 4 is 11.8 Å². The lowest BCUT2D eigenvalue weighted by Crippen LogP contribution is -2.33. The van der Waals surface area contributed by atoms with Crippen molar-refractivity contribution in [1.82, 2.24) is 4.57 Å². The highest BCUT2D eigenvalue weighted by Crippen LogP contribution is 2.28. The minimum absolute atomic E-state index is 0.0562. The molecule has 1 fully saturated rings. The van der Waals surface area contributed by atoms with Crippen molar-refractivity contribution in [3.8, 4) is 0 Å². The lowest BCUT2D eigenvalue weighted by molar-refractivity contribution is 0.0580. The lowest BCUT2D eigenvalue weighted by atomic mass is 9.92. The first-order valence-corrected chi connectivity index (χ1v) is 7.83. The maximum absolute atomic E-state index is 12.7. The summed E-state index contributed by atoms with van der Waals surface area (Å²) in [5.41, 5.74) is -0.805. The molecule has 0 saturated heterocycles. The Labute approximate surface area is 141 Å². The van der Waals surface area contributed by atoms with Crippen LogP contribution in [-0.2, 0) is 9.47 Å². The molecule has 1 amide bonds. The number of ether oxygens (including phenoxy) is 2. The first kappa shape index (κ1) is 13.6. The summed E-state index contributed by atoms with van der Waals surface area (Å²) in [6.45, 7) is 5.24. The lowest BCUT2D eigenvalue weighted by Gasteiger charge is -2.29. The Morgan fingerprint density at radius 1 is 1.35 bits per heavy atom. The van der Waals surface area contributed by atoms with Crippen LogP contribution in [0.3, 0.4) is 0 Å². The van der Waals surface area contributed by atoms with Crippen molar-refractivity contribution in [2.24, 2.45) is 0 Å². The van der Waals surface area contributed by atoms with E-state index in [0.29, 0.717) is 25.7 Å². The van der Waals surface area contributed by atoms with Crippen molar-refractivity contribution < 1.29 is 18.4 Å². The molecular weight excluding hydrogens is 296 g/mol. The van der Waals surface area contributed by atoms with Crippen LogP contribution in [0.4, 0.5) is 10.5 Å². The Morgan fingerprint density at radius 3 is 2.65 bits per heavy atom. The minimum Gasteiger partial charge on any atom is -0.444 e. The predicted molar refractivity (Wildman–Crippen MR) is 88.9 cm³/mol. The Bertz CT molecular complexity index is 686. The van der Waals surface area contributed by atoms with Gasteiger partial charge < -0.3 is 14.0 Å². The van der Waals surface area contributed by atoms with Crippen molar-refractivity contribution in [1.29, 1.82) is 0 Å². The molecule has 1 N–H and O–H groups in total. The highest BCUT2D eigenvalue weighted by atomic mass is 16.6. The molecular formula is C17H26N2O4. The monoisotopic (exact) mass is 325 g/mol. The summed E-state index contributed by atoms with van der Waals surface area (Å²) >= 11 is 0. The Kier molecular flexibility index (Phi) is 4.24. The summed E-state index contributed by atoms with van der Waals surface area (Å²) in [4.78, 5) is 24.5. The number of hydrogen-bond acceptors (Lipinski definition) is 4. The van der Waals surface area contributed by atoms with Gasteiger partial charge in [0.25, 0.3) is 5.56 Å². The van der Waals surface area contributed by atoms with E-state index in [2.05, 4.69) is 5.32 Å². The van der Waals surface area contributed by atoms with Crippen LogP contribution in [0.1, 0.15) is 56.6 Å². The van der Waals surface area contributed by atoms with E-state index in [1.807, 2.05) is 0 Å². The summed E-state index contributed by atoms with van der Waals surface area (Å²) in [6, 6.07) is 3.17. The number of carbonyl (C=O) groups is 1. The predicted octanol–water partition coefficient (Wildman–Crippen LogP) is 3.33. The van der Waals surface area contributed by atoms with E-state index in [9.17, 15) is 9.59 Å². The number of hydrogen-bond donors (Lipinski definition) is 1. The van der Waals surface area contributed by atoms with Gasteiger partial charge in [0.15, 0.2) is 0 Å². The molecule has 0 spiro atoms. The van der Waals surface area contributed by atoms with E-state index in [0.717, 1.165) is 0 Å². The Morgan fingerprint density at radius 2 is 2.04 bits per heavy atom. The molecule has 0 atom stereocenters. The number of anilines is 1. The zero-order valence-electron chi connectivity index (χ0n) is 16.8. The van der Waals surface area contributed by atoms with Crippen LogP contribution in [0.5, 0.6) is 0 Å². The molecule has 1 heterocycles. The van der Waals surface area contributed by atoms with E-state index >= 15 is 0 Å². The molecule has 0 bridgehead atoms. The first-order chi connectivity index (χ1) is 11.9. The number of pyridine rings is 1. The summed E-state index contributed by atoms with van der Waals surface area (Å²) in [5.74, 6) is 0. The van der Waals surface area contributed by atoms with E-state index in [4.69, 9.17) is 13.6 Å². The first-order valence-electron chi connectivity index (χ1n) is 9.33. The normalized spacial score (nSPS) is 24.2.